The van der Waals surface area contributed by atoms with Crippen LogP contribution in [-0.4, -0.2) is 59.0 Å². The van der Waals surface area contributed by atoms with E-state index in [9.17, 15) is 4.79 Å². The Kier molecular flexibility index (Phi) is 5.08. The fourth-order valence-corrected chi connectivity index (χ4v) is 2.42. The first-order chi connectivity index (χ1) is 9.99. The summed E-state index contributed by atoms with van der Waals surface area (Å²) in [4.78, 5) is 24.3. The Morgan fingerprint density at radius 2 is 1.90 bits per heavy atom. The van der Waals surface area contributed by atoms with Gasteiger partial charge < -0.3 is 16.4 Å². The van der Waals surface area contributed by atoms with Crippen LogP contribution in [0.25, 0.3) is 0 Å². The lowest BCUT2D eigenvalue weighted by Crippen LogP contribution is -2.50. The number of hydrogen-bond donors (Lipinski definition) is 2. The predicted octanol–water partition coefficient (Wildman–Crippen LogP) is -0.418. The first-order valence-corrected chi connectivity index (χ1v) is 7.32. The van der Waals surface area contributed by atoms with Gasteiger partial charge in [-0.05, 0) is 32.4 Å². The lowest BCUT2D eigenvalue weighted by molar-refractivity contribution is -0.122. The Labute approximate surface area is 125 Å². The quantitative estimate of drug-likeness (QED) is 0.738. The van der Waals surface area contributed by atoms with Crippen molar-refractivity contribution in [1.29, 1.82) is 0 Å². The van der Waals surface area contributed by atoms with Crippen LogP contribution < -0.4 is 16.4 Å². The van der Waals surface area contributed by atoms with Gasteiger partial charge >= 0.3 is 0 Å². The zero-order valence-electron chi connectivity index (χ0n) is 12.5. The molecule has 0 saturated carbocycles. The van der Waals surface area contributed by atoms with Gasteiger partial charge in [-0.25, -0.2) is 9.97 Å². The number of nitrogens with zero attached hydrogens (tertiary/aromatic N) is 4. The molecule has 0 bridgehead atoms. The Hall–Kier alpha value is -1.73. The van der Waals surface area contributed by atoms with Crippen molar-refractivity contribution in [3.05, 3.63) is 18.5 Å². The summed E-state index contributed by atoms with van der Waals surface area (Å²) < 4.78 is 0. The van der Waals surface area contributed by atoms with Crippen molar-refractivity contribution in [3.8, 4) is 0 Å². The lowest BCUT2D eigenvalue weighted by Gasteiger charge is -2.35. The molecule has 2 rings (SSSR count). The number of amides is 1. The molecule has 1 saturated heterocycles. The van der Waals surface area contributed by atoms with Crippen LogP contribution in [0, 0.1) is 0 Å². The Bertz CT molecular complexity index is 456. The molecule has 7 heteroatoms. The predicted molar refractivity (Wildman–Crippen MR) is 81.7 cm³/mol. The van der Waals surface area contributed by atoms with Crippen molar-refractivity contribution in [2.75, 3.05) is 37.6 Å². The molecule has 0 spiro atoms. The van der Waals surface area contributed by atoms with Gasteiger partial charge in [-0.3, -0.25) is 9.69 Å². The molecule has 1 aliphatic rings. The largest absolute Gasteiger partial charge is 0.368 e. The maximum Gasteiger partial charge on any atom is 0.237 e. The number of carbonyl (C=O) groups is 1. The average molecular weight is 292 g/mol. The third-order valence-electron chi connectivity index (χ3n) is 3.94. The van der Waals surface area contributed by atoms with E-state index in [2.05, 4.69) is 19.8 Å². The SMILES string of the molecule is CC(N)(CCCN1CCN(c2ncccn2)CC1)C(N)=O. The molecule has 4 N–H and O–H groups in total. The summed E-state index contributed by atoms with van der Waals surface area (Å²) in [5, 5.41) is 0. The average Bonchev–Trinajstić information content (AvgIpc) is 2.48. The molecule has 7 nitrogen and oxygen atoms in total. The van der Waals surface area contributed by atoms with Gasteiger partial charge in [-0.2, -0.15) is 0 Å². The Balaban J connectivity index is 1.71. The molecule has 1 amide bonds. The Morgan fingerprint density at radius 3 is 2.48 bits per heavy atom. The van der Waals surface area contributed by atoms with Crippen molar-refractivity contribution in [2.45, 2.75) is 25.3 Å². The summed E-state index contributed by atoms with van der Waals surface area (Å²) in [5.41, 5.74) is 10.2. The van der Waals surface area contributed by atoms with E-state index < -0.39 is 11.4 Å². The molecule has 0 aliphatic carbocycles. The number of aromatic nitrogens is 2. The molecule has 1 fully saturated rings. The highest BCUT2D eigenvalue weighted by atomic mass is 16.1. The second kappa shape index (κ2) is 6.82. The van der Waals surface area contributed by atoms with E-state index in [1.807, 2.05) is 6.07 Å². The molecular formula is C14H24N6O. The van der Waals surface area contributed by atoms with Crippen molar-refractivity contribution in [2.24, 2.45) is 11.5 Å². The molecule has 0 radical (unpaired) electrons. The van der Waals surface area contributed by atoms with Crippen LogP contribution in [0.15, 0.2) is 18.5 Å². The zero-order chi connectivity index (χ0) is 15.3. The molecule has 1 unspecified atom stereocenters. The van der Waals surface area contributed by atoms with E-state index >= 15 is 0 Å². The highest BCUT2D eigenvalue weighted by Gasteiger charge is 2.25. The summed E-state index contributed by atoms with van der Waals surface area (Å²) in [6.07, 6.45) is 5.02. The Morgan fingerprint density at radius 1 is 1.29 bits per heavy atom. The van der Waals surface area contributed by atoms with E-state index in [1.165, 1.54) is 0 Å². The van der Waals surface area contributed by atoms with E-state index in [0.717, 1.165) is 45.1 Å². The first kappa shape index (κ1) is 15.7. The van der Waals surface area contributed by atoms with E-state index in [-0.39, 0.29) is 0 Å². The fraction of sp³-hybridized carbons (Fsp3) is 0.643. The smallest absolute Gasteiger partial charge is 0.237 e. The molecular weight excluding hydrogens is 268 g/mol. The van der Waals surface area contributed by atoms with Crippen molar-refractivity contribution >= 4 is 11.9 Å². The van der Waals surface area contributed by atoms with Crippen LogP contribution in [0.4, 0.5) is 5.95 Å². The maximum absolute atomic E-state index is 11.2. The molecule has 2 heterocycles. The minimum atomic E-state index is -0.903. The highest BCUT2D eigenvalue weighted by molar-refractivity contribution is 5.83. The third-order valence-corrected chi connectivity index (χ3v) is 3.94. The lowest BCUT2D eigenvalue weighted by atomic mass is 9.96. The van der Waals surface area contributed by atoms with Crippen molar-refractivity contribution < 1.29 is 4.79 Å². The van der Waals surface area contributed by atoms with Gasteiger partial charge in [0.1, 0.15) is 0 Å². The third kappa shape index (κ3) is 4.37. The van der Waals surface area contributed by atoms with E-state index in [0.29, 0.717) is 6.42 Å². The highest BCUT2D eigenvalue weighted by Crippen LogP contribution is 2.12. The standard InChI is InChI=1S/C14H24N6O/c1-14(16,12(15)21)4-2-7-19-8-10-20(11-9-19)13-17-5-3-6-18-13/h3,5-6H,2,4,7-11,16H2,1H3,(H2,15,21). The molecule has 1 aromatic heterocycles. The normalized spacial score (nSPS) is 19.2. The molecule has 1 aliphatic heterocycles. The van der Waals surface area contributed by atoms with Crippen LogP contribution in [0.1, 0.15) is 19.8 Å². The summed E-state index contributed by atoms with van der Waals surface area (Å²) in [7, 11) is 0. The number of primary amides is 1. The van der Waals surface area contributed by atoms with Gasteiger partial charge in [0, 0.05) is 38.6 Å². The summed E-state index contributed by atoms with van der Waals surface area (Å²) >= 11 is 0. The molecule has 0 aromatic carbocycles. The minimum absolute atomic E-state index is 0.437. The number of rotatable bonds is 6. The van der Waals surface area contributed by atoms with Crippen LogP contribution in [-0.2, 0) is 4.79 Å². The fourth-order valence-electron chi connectivity index (χ4n) is 2.42. The molecule has 1 aromatic rings. The zero-order valence-corrected chi connectivity index (χ0v) is 12.5. The van der Waals surface area contributed by atoms with E-state index in [4.69, 9.17) is 11.5 Å². The van der Waals surface area contributed by atoms with Gasteiger partial charge in [0.2, 0.25) is 11.9 Å². The molecule has 21 heavy (non-hydrogen) atoms. The summed E-state index contributed by atoms with van der Waals surface area (Å²) in [6, 6.07) is 1.82. The minimum Gasteiger partial charge on any atom is -0.368 e. The second-order valence-corrected chi connectivity index (χ2v) is 5.76. The summed E-state index contributed by atoms with van der Waals surface area (Å²) in [6.45, 7) is 6.40. The van der Waals surface area contributed by atoms with E-state index in [1.54, 1.807) is 19.3 Å². The van der Waals surface area contributed by atoms with Gasteiger partial charge in [0.05, 0.1) is 5.54 Å². The molecule has 1 atom stereocenters. The van der Waals surface area contributed by atoms with Gasteiger partial charge in [0.25, 0.3) is 0 Å². The van der Waals surface area contributed by atoms with Crippen LogP contribution in [0.5, 0.6) is 0 Å². The number of hydrogen-bond acceptors (Lipinski definition) is 6. The van der Waals surface area contributed by atoms with Crippen molar-refractivity contribution in [3.63, 3.8) is 0 Å². The van der Waals surface area contributed by atoms with Gasteiger partial charge in [-0.15, -0.1) is 0 Å². The topological polar surface area (TPSA) is 101 Å². The van der Waals surface area contributed by atoms with Gasteiger partial charge in [-0.1, -0.05) is 0 Å². The van der Waals surface area contributed by atoms with Crippen LogP contribution in [0.2, 0.25) is 0 Å². The second-order valence-electron chi connectivity index (χ2n) is 5.76. The maximum atomic E-state index is 11.2. The van der Waals surface area contributed by atoms with Crippen molar-refractivity contribution in [1.82, 2.24) is 14.9 Å². The van der Waals surface area contributed by atoms with Crippen LogP contribution >= 0.6 is 0 Å². The van der Waals surface area contributed by atoms with Gasteiger partial charge in [0.15, 0.2) is 0 Å². The molecule has 116 valence electrons. The monoisotopic (exact) mass is 292 g/mol. The number of nitrogens with two attached hydrogens (primary N) is 2. The number of carbonyl (C=O) groups excluding carboxylic acids is 1. The van der Waals surface area contributed by atoms with Crippen LogP contribution in [0.3, 0.4) is 0 Å². The number of anilines is 1. The number of piperazine rings is 1. The summed E-state index contributed by atoms with van der Waals surface area (Å²) in [5.74, 6) is 0.356. The first-order valence-electron chi connectivity index (χ1n) is 7.32.